The van der Waals surface area contributed by atoms with E-state index in [1.54, 1.807) is 37.3 Å². The molecule has 0 aliphatic carbocycles. The van der Waals surface area contributed by atoms with E-state index < -0.39 is 17.3 Å². The number of halogens is 2. The van der Waals surface area contributed by atoms with Gasteiger partial charge >= 0.3 is 0 Å². The summed E-state index contributed by atoms with van der Waals surface area (Å²) in [5, 5.41) is 10.8. The maximum atomic E-state index is 14.3. The Labute approximate surface area is 187 Å². The van der Waals surface area contributed by atoms with Gasteiger partial charge < -0.3 is 15.6 Å². The third-order valence-electron chi connectivity index (χ3n) is 5.22. The first-order chi connectivity index (χ1) is 15.8. The summed E-state index contributed by atoms with van der Waals surface area (Å²) in [6.07, 6.45) is 2.68. The van der Waals surface area contributed by atoms with Gasteiger partial charge in [-0.25, -0.2) is 18.7 Å². The van der Waals surface area contributed by atoms with Crippen LogP contribution >= 0.6 is 0 Å². The molecule has 9 nitrogen and oxygen atoms in total. The highest BCUT2D eigenvalue weighted by molar-refractivity contribution is 5.97. The Morgan fingerprint density at radius 1 is 1.21 bits per heavy atom. The third kappa shape index (κ3) is 4.62. The van der Waals surface area contributed by atoms with Gasteiger partial charge in [0.15, 0.2) is 17.5 Å². The predicted molar refractivity (Wildman–Crippen MR) is 116 cm³/mol. The number of nitrogens with one attached hydrogen (secondary N) is 1. The molecule has 0 fully saturated rings. The fraction of sp³-hybridized carbons (Fsp3) is 0.227. The molecule has 0 saturated carbocycles. The van der Waals surface area contributed by atoms with Crippen molar-refractivity contribution in [2.75, 3.05) is 5.32 Å². The van der Waals surface area contributed by atoms with E-state index in [1.165, 1.54) is 23.9 Å². The second-order valence-corrected chi connectivity index (χ2v) is 7.66. The van der Waals surface area contributed by atoms with Crippen molar-refractivity contribution in [3.63, 3.8) is 0 Å². The number of anilines is 1. The number of nitrogens with zero attached hydrogens (tertiary/aromatic N) is 5. The molecule has 0 aliphatic heterocycles. The fourth-order valence-electron chi connectivity index (χ4n) is 2.97. The summed E-state index contributed by atoms with van der Waals surface area (Å²) >= 11 is 0. The first kappa shape index (κ1) is 22.2. The van der Waals surface area contributed by atoms with Gasteiger partial charge in [-0.1, -0.05) is 30.3 Å². The minimum atomic E-state index is -1.20. The predicted octanol–water partition coefficient (Wildman–Crippen LogP) is 3.39. The van der Waals surface area contributed by atoms with Crippen molar-refractivity contribution in [2.24, 2.45) is 5.73 Å². The molecule has 0 bridgehead atoms. The normalized spacial score (nSPS) is 13.0. The van der Waals surface area contributed by atoms with Gasteiger partial charge in [-0.2, -0.15) is 5.10 Å². The van der Waals surface area contributed by atoms with Crippen molar-refractivity contribution >= 4 is 11.7 Å². The summed E-state index contributed by atoms with van der Waals surface area (Å²) in [7, 11) is 0. The van der Waals surface area contributed by atoms with Gasteiger partial charge in [0.05, 0.1) is 24.0 Å². The van der Waals surface area contributed by atoms with Gasteiger partial charge in [-0.05, 0) is 25.5 Å². The van der Waals surface area contributed by atoms with E-state index >= 15 is 0 Å². The summed E-state index contributed by atoms with van der Waals surface area (Å²) in [6, 6.07) is 9.56. The van der Waals surface area contributed by atoms with Crippen LogP contribution in [0.1, 0.15) is 25.8 Å². The SMILES string of the molecule is CCC(C)(N)C(=O)Nc1nc(-c2cc(-c3ccon3)n(Cc3ccccc3F)n2)ncc1F. The quantitative estimate of drug-likeness (QED) is 0.439. The van der Waals surface area contributed by atoms with Crippen LogP contribution < -0.4 is 11.1 Å². The van der Waals surface area contributed by atoms with Gasteiger partial charge in [-0.15, -0.1) is 0 Å². The van der Waals surface area contributed by atoms with E-state index in [0.29, 0.717) is 23.4 Å². The van der Waals surface area contributed by atoms with Crippen molar-refractivity contribution in [3.8, 4) is 22.9 Å². The highest BCUT2D eigenvalue weighted by Gasteiger charge is 2.27. The van der Waals surface area contributed by atoms with Crippen LogP contribution in [0, 0.1) is 11.6 Å². The van der Waals surface area contributed by atoms with Crippen molar-refractivity contribution in [1.82, 2.24) is 24.9 Å². The van der Waals surface area contributed by atoms with E-state index in [1.807, 2.05) is 0 Å². The molecule has 33 heavy (non-hydrogen) atoms. The third-order valence-corrected chi connectivity index (χ3v) is 5.22. The molecule has 0 aliphatic rings. The molecule has 1 aromatic carbocycles. The number of carbonyl (C=O) groups excluding carboxylic acids is 1. The average molecular weight is 453 g/mol. The number of hydrogen-bond acceptors (Lipinski definition) is 7. The number of hydrogen-bond donors (Lipinski definition) is 2. The lowest BCUT2D eigenvalue weighted by molar-refractivity contribution is -0.120. The second kappa shape index (κ2) is 8.87. The minimum absolute atomic E-state index is 0.0546. The zero-order valence-corrected chi connectivity index (χ0v) is 17.9. The summed E-state index contributed by atoms with van der Waals surface area (Å²) in [5.74, 6) is -2.05. The van der Waals surface area contributed by atoms with Gasteiger partial charge in [0.2, 0.25) is 5.91 Å². The van der Waals surface area contributed by atoms with E-state index in [0.717, 1.165) is 6.20 Å². The lowest BCUT2D eigenvalue weighted by Crippen LogP contribution is -2.48. The number of nitrogens with two attached hydrogens (primary N) is 1. The van der Waals surface area contributed by atoms with Crippen LogP contribution in [0.25, 0.3) is 22.9 Å². The summed E-state index contributed by atoms with van der Waals surface area (Å²) in [5.41, 5.74) is 6.39. The van der Waals surface area contributed by atoms with E-state index in [9.17, 15) is 13.6 Å². The molecule has 0 spiro atoms. The molecular formula is C22H21F2N7O2. The lowest BCUT2D eigenvalue weighted by atomic mass is 10.00. The monoisotopic (exact) mass is 453 g/mol. The van der Waals surface area contributed by atoms with E-state index in [-0.39, 0.29) is 29.7 Å². The Balaban J connectivity index is 1.72. The van der Waals surface area contributed by atoms with Crippen LogP contribution in [0.5, 0.6) is 0 Å². The highest BCUT2D eigenvalue weighted by Crippen LogP contribution is 2.26. The largest absolute Gasteiger partial charge is 0.364 e. The lowest BCUT2D eigenvalue weighted by Gasteiger charge is -2.21. The van der Waals surface area contributed by atoms with E-state index in [2.05, 4.69) is 25.5 Å². The van der Waals surface area contributed by atoms with Gasteiger partial charge in [0.1, 0.15) is 23.5 Å². The molecule has 1 amide bonds. The Morgan fingerprint density at radius 3 is 2.70 bits per heavy atom. The molecule has 3 aromatic heterocycles. The van der Waals surface area contributed by atoms with Gasteiger partial charge in [-0.3, -0.25) is 9.48 Å². The standard InChI is InChI=1S/C22H21F2N7O2/c1-3-22(2,25)21(32)28-19-15(24)11-26-20(27-19)17-10-18(16-8-9-33-30-16)31(29-17)12-13-6-4-5-7-14(13)23/h4-11H,3,12,25H2,1-2H3,(H,26,27,28,32). The summed E-state index contributed by atoms with van der Waals surface area (Å²) in [4.78, 5) is 20.5. The van der Waals surface area contributed by atoms with Crippen molar-refractivity contribution in [3.05, 3.63) is 66.1 Å². The van der Waals surface area contributed by atoms with Crippen molar-refractivity contribution in [2.45, 2.75) is 32.4 Å². The molecule has 3 N–H and O–H groups in total. The molecule has 1 unspecified atom stereocenters. The number of aromatic nitrogens is 5. The van der Waals surface area contributed by atoms with Crippen molar-refractivity contribution in [1.29, 1.82) is 0 Å². The number of carbonyl (C=O) groups is 1. The molecule has 4 rings (SSSR count). The van der Waals surface area contributed by atoms with Gasteiger partial charge in [0, 0.05) is 11.6 Å². The Morgan fingerprint density at radius 2 is 2.00 bits per heavy atom. The zero-order chi connectivity index (χ0) is 23.6. The second-order valence-electron chi connectivity index (χ2n) is 7.66. The van der Waals surface area contributed by atoms with Crippen LogP contribution in [-0.2, 0) is 11.3 Å². The average Bonchev–Trinajstić information content (AvgIpc) is 3.47. The van der Waals surface area contributed by atoms with Crippen LogP contribution in [0.3, 0.4) is 0 Å². The molecule has 3 heterocycles. The van der Waals surface area contributed by atoms with Crippen LogP contribution in [0.15, 0.2) is 53.4 Å². The smallest absolute Gasteiger partial charge is 0.245 e. The highest BCUT2D eigenvalue weighted by atomic mass is 19.1. The van der Waals surface area contributed by atoms with E-state index in [4.69, 9.17) is 10.3 Å². The van der Waals surface area contributed by atoms with Gasteiger partial charge in [0.25, 0.3) is 0 Å². The molecule has 0 saturated heterocycles. The summed E-state index contributed by atoms with van der Waals surface area (Å²) < 4.78 is 35.0. The molecule has 1 atom stereocenters. The fourth-order valence-corrected chi connectivity index (χ4v) is 2.97. The van der Waals surface area contributed by atoms with Crippen LogP contribution in [0.4, 0.5) is 14.6 Å². The molecule has 11 heteroatoms. The Hall–Kier alpha value is -3.99. The maximum absolute atomic E-state index is 14.3. The molecule has 170 valence electrons. The number of amides is 1. The van der Waals surface area contributed by atoms with Crippen LogP contribution in [0.2, 0.25) is 0 Å². The van der Waals surface area contributed by atoms with Crippen molar-refractivity contribution < 1.29 is 18.1 Å². The molecular weight excluding hydrogens is 432 g/mol. The van der Waals surface area contributed by atoms with Crippen LogP contribution in [-0.4, -0.2) is 36.4 Å². The number of benzene rings is 1. The Kier molecular flexibility index (Phi) is 5.97. The maximum Gasteiger partial charge on any atom is 0.245 e. The Bertz CT molecular complexity index is 1290. The summed E-state index contributed by atoms with van der Waals surface area (Å²) in [6.45, 7) is 3.38. The first-order valence-corrected chi connectivity index (χ1v) is 10.1. The zero-order valence-electron chi connectivity index (χ0n) is 17.9. The number of rotatable bonds is 7. The minimum Gasteiger partial charge on any atom is -0.364 e. The first-order valence-electron chi connectivity index (χ1n) is 10.1. The molecule has 0 radical (unpaired) electrons. The topological polar surface area (TPSA) is 125 Å². The molecule has 4 aromatic rings.